The van der Waals surface area contributed by atoms with Crippen molar-refractivity contribution in [2.75, 3.05) is 19.3 Å². The molecule has 80 valence electrons. The van der Waals surface area contributed by atoms with Crippen LogP contribution in [-0.4, -0.2) is 13.6 Å². The van der Waals surface area contributed by atoms with E-state index in [1.807, 2.05) is 13.1 Å². The number of anilines is 1. The van der Waals surface area contributed by atoms with Crippen molar-refractivity contribution in [3.05, 3.63) is 35.4 Å². The molecule has 15 heavy (non-hydrogen) atoms. The number of hydrogen-bond donors (Lipinski definition) is 2. The molecule has 1 atom stereocenters. The van der Waals surface area contributed by atoms with Gasteiger partial charge in [0.05, 0.1) is 0 Å². The zero-order valence-corrected chi connectivity index (χ0v) is 9.16. The zero-order chi connectivity index (χ0) is 10.7. The molecule has 2 rings (SSSR count). The number of nitrogens with two attached hydrogens (primary N) is 1. The van der Waals surface area contributed by atoms with Gasteiger partial charge in [-0.3, -0.25) is 0 Å². The average molecular weight is 202 g/mol. The van der Waals surface area contributed by atoms with Gasteiger partial charge < -0.3 is 11.1 Å². The second-order valence-electron chi connectivity index (χ2n) is 4.17. The van der Waals surface area contributed by atoms with Crippen LogP contribution in [-0.2, 0) is 6.42 Å². The fraction of sp³-hybridized carbons (Fsp3) is 0.385. The number of hydrogen-bond acceptors (Lipinski definition) is 2. The van der Waals surface area contributed by atoms with Crippen molar-refractivity contribution in [1.82, 2.24) is 5.32 Å². The van der Waals surface area contributed by atoms with Gasteiger partial charge in [0.2, 0.25) is 0 Å². The molecule has 0 aromatic heterocycles. The Morgan fingerprint density at radius 3 is 3.13 bits per heavy atom. The molecule has 1 aromatic carbocycles. The van der Waals surface area contributed by atoms with Gasteiger partial charge in [-0.2, -0.15) is 0 Å². The predicted molar refractivity (Wildman–Crippen MR) is 65.6 cm³/mol. The lowest BCUT2D eigenvalue weighted by Gasteiger charge is -2.09. The maximum atomic E-state index is 5.78. The van der Waals surface area contributed by atoms with E-state index in [0.717, 1.165) is 18.7 Å². The highest BCUT2D eigenvalue weighted by Crippen LogP contribution is 2.23. The molecule has 0 bridgehead atoms. The summed E-state index contributed by atoms with van der Waals surface area (Å²) in [5, 5.41) is 3.23. The van der Waals surface area contributed by atoms with E-state index in [9.17, 15) is 0 Å². The van der Waals surface area contributed by atoms with Crippen LogP contribution in [0.25, 0.3) is 6.08 Å². The minimum absolute atomic E-state index is 0.642. The molecule has 1 aliphatic rings. The molecule has 0 fully saturated rings. The third-order valence-electron chi connectivity index (χ3n) is 2.97. The van der Waals surface area contributed by atoms with Gasteiger partial charge in [0.1, 0.15) is 0 Å². The summed E-state index contributed by atoms with van der Waals surface area (Å²) in [5.41, 5.74) is 9.33. The third-order valence-corrected chi connectivity index (χ3v) is 2.97. The summed E-state index contributed by atoms with van der Waals surface area (Å²) in [6, 6.07) is 6.20. The molecule has 1 unspecified atom stereocenters. The summed E-state index contributed by atoms with van der Waals surface area (Å²) in [6.45, 7) is 1.06. The van der Waals surface area contributed by atoms with Gasteiger partial charge in [-0.05, 0) is 49.1 Å². The van der Waals surface area contributed by atoms with Crippen LogP contribution in [0.4, 0.5) is 5.69 Å². The van der Waals surface area contributed by atoms with E-state index in [-0.39, 0.29) is 0 Å². The van der Waals surface area contributed by atoms with Gasteiger partial charge in [0.25, 0.3) is 0 Å². The Labute approximate surface area is 91.2 Å². The molecule has 0 saturated heterocycles. The largest absolute Gasteiger partial charge is 0.399 e. The Kier molecular flexibility index (Phi) is 3.07. The normalized spacial score (nSPS) is 19.7. The van der Waals surface area contributed by atoms with Gasteiger partial charge in [-0.25, -0.2) is 0 Å². The molecule has 0 amide bonds. The van der Waals surface area contributed by atoms with Crippen molar-refractivity contribution < 1.29 is 0 Å². The quantitative estimate of drug-likeness (QED) is 0.720. The van der Waals surface area contributed by atoms with Crippen molar-refractivity contribution in [2.24, 2.45) is 5.92 Å². The SMILES string of the molecule is CNCC1C=Cc2cc(N)ccc2CC1. The maximum Gasteiger partial charge on any atom is 0.0320 e. The predicted octanol–water partition coefficient (Wildman–Crippen LogP) is 2.06. The minimum Gasteiger partial charge on any atom is -0.399 e. The monoisotopic (exact) mass is 202 g/mol. The molecule has 1 aliphatic carbocycles. The molecule has 3 N–H and O–H groups in total. The lowest BCUT2D eigenvalue weighted by molar-refractivity contribution is 0.559. The Morgan fingerprint density at radius 1 is 1.47 bits per heavy atom. The summed E-state index contributed by atoms with van der Waals surface area (Å²) in [5.74, 6) is 0.642. The number of rotatable bonds is 2. The number of aryl methyl sites for hydroxylation is 1. The molecule has 0 saturated carbocycles. The van der Waals surface area contributed by atoms with E-state index in [0.29, 0.717) is 5.92 Å². The van der Waals surface area contributed by atoms with E-state index < -0.39 is 0 Å². The first-order chi connectivity index (χ1) is 7.29. The first-order valence-electron chi connectivity index (χ1n) is 5.51. The van der Waals surface area contributed by atoms with E-state index in [2.05, 4.69) is 29.6 Å². The fourth-order valence-corrected chi connectivity index (χ4v) is 2.11. The van der Waals surface area contributed by atoms with Crippen LogP contribution in [0.15, 0.2) is 24.3 Å². The summed E-state index contributed by atoms with van der Waals surface area (Å²) >= 11 is 0. The third kappa shape index (κ3) is 2.39. The summed E-state index contributed by atoms with van der Waals surface area (Å²) in [4.78, 5) is 0. The number of nitrogen functional groups attached to an aromatic ring is 1. The van der Waals surface area contributed by atoms with Crippen LogP contribution in [0.5, 0.6) is 0 Å². The van der Waals surface area contributed by atoms with Gasteiger partial charge in [-0.15, -0.1) is 0 Å². The van der Waals surface area contributed by atoms with E-state index in [4.69, 9.17) is 5.73 Å². The molecular weight excluding hydrogens is 184 g/mol. The van der Waals surface area contributed by atoms with Crippen LogP contribution >= 0.6 is 0 Å². The Bertz CT molecular complexity index is 369. The average Bonchev–Trinajstić information content (AvgIpc) is 2.42. The smallest absolute Gasteiger partial charge is 0.0320 e. The van der Waals surface area contributed by atoms with Crippen molar-refractivity contribution in [3.8, 4) is 0 Å². The standard InChI is InChI=1S/C13H18N2/c1-15-9-10-2-4-11-6-7-13(14)8-12(11)5-3-10/h3,5-8,10,15H,2,4,9,14H2,1H3. The second-order valence-corrected chi connectivity index (χ2v) is 4.17. The first-order valence-corrected chi connectivity index (χ1v) is 5.51. The Balaban J connectivity index is 2.21. The van der Waals surface area contributed by atoms with Gasteiger partial charge >= 0.3 is 0 Å². The highest BCUT2D eigenvalue weighted by Gasteiger charge is 2.10. The van der Waals surface area contributed by atoms with Crippen LogP contribution in [0, 0.1) is 5.92 Å². The van der Waals surface area contributed by atoms with Crippen LogP contribution in [0.3, 0.4) is 0 Å². The Hall–Kier alpha value is -1.28. The maximum absolute atomic E-state index is 5.78. The molecule has 2 heteroatoms. The van der Waals surface area contributed by atoms with Crippen molar-refractivity contribution >= 4 is 11.8 Å². The van der Waals surface area contributed by atoms with Crippen molar-refractivity contribution in [2.45, 2.75) is 12.8 Å². The van der Waals surface area contributed by atoms with E-state index in [1.54, 1.807) is 0 Å². The lowest BCUT2D eigenvalue weighted by atomic mass is 10.0. The summed E-state index contributed by atoms with van der Waals surface area (Å²) < 4.78 is 0. The topological polar surface area (TPSA) is 38.0 Å². The molecule has 0 radical (unpaired) electrons. The zero-order valence-electron chi connectivity index (χ0n) is 9.16. The molecular formula is C13H18N2. The molecule has 1 aromatic rings. The number of benzene rings is 1. The highest BCUT2D eigenvalue weighted by molar-refractivity contribution is 5.60. The molecule has 0 spiro atoms. The second kappa shape index (κ2) is 4.49. The van der Waals surface area contributed by atoms with Gasteiger partial charge in [0.15, 0.2) is 0 Å². The molecule has 2 nitrogen and oxygen atoms in total. The van der Waals surface area contributed by atoms with Crippen LogP contribution in [0.1, 0.15) is 17.5 Å². The van der Waals surface area contributed by atoms with Gasteiger partial charge in [0, 0.05) is 12.2 Å². The lowest BCUT2D eigenvalue weighted by Crippen LogP contribution is -2.17. The molecule has 0 heterocycles. The Morgan fingerprint density at radius 2 is 2.33 bits per heavy atom. The minimum atomic E-state index is 0.642. The van der Waals surface area contributed by atoms with E-state index >= 15 is 0 Å². The fourth-order valence-electron chi connectivity index (χ4n) is 2.11. The number of nitrogens with one attached hydrogen (secondary N) is 1. The van der Waals surface area contributed by atoms with Crippen LogP contribution < -0.4 is 11.1 Å². The number of fused-ring (bicyclic) bond motifs is 1. The van der Waals surface area contributed by atoms with Gasteiger partial charge in [-0.1, -0.05) is 18.2 Å². The van der Waals surface area contributed by atoms with E-state index in [1.165, 1.54) is 17.5 Å². The highest BCUT2D eigenvalue weighted by atomic mass is 14.8. The van der Waals surface area contributed by atoms with Crippen LogP contribution in [0.2, 0.25) is 0 Å². The van der Waals surface area contributed by atoms with Crippen molar-refractivity contribution in [3.63, 3.8) is 0 Å². The summed E-state index contributed by atoms with van der Waals surface area (Å²) in [6.07, 6.45) is 6.87. The van der Waals surface area contributed by atoms with Crippen molar-refractivity contribution in [1.29, 1.82) is 0 Å². The first kappa shape index (κ1) is 10.2. The summed E-state index contributed by atoms with van der Waals surface area (Å²) in [7, 11) is 2.00. The molecule has 0 aliphatic heterocycles.